The van der Waals surface area contributed by atoms with Gasteiger partial charge >= 0.3 is 0 Å². The molecule has 1 aromatic heterocycles. The van der Waals surface area contributed by atoms with Crippen LogP contribution in [0.5, 0.6) is 0 Å². The molecule has 0 aliphatic heterocycles. The number of rotatable bonds is 6. The molecule has 18 heavy (non-hydrogen) atoms. The molecule has 0 saturated heterocycles. The van der Waals surface area contributed by atoms with Crippen molar-refractivity contribution in [2.45, 2.75) is 6.10 Å². The maximum absolute atomic E-state index is 10.0. The number of hydrogen-bond donors (Lipinski definition) is 1. The molecular formula is C14H19NO2S. The van der Waals surface area contributed by atoms with Gasteiger partial charge in [0.15, 0.2) is 0 Å². The van der Waals surface area contributed by atoms with Gasteiger partial charge in [0, 0.05) is 11.2 Å². The standard InChI is InChI=1S/C14H19NO2S/c1-15(2)6-7-17-10-13(16)11-3-4-14-12(9-11)5-8-18-14/h3-5,8-9,13,16H,6-7,10H2,1-2H3. The topological polar surface area (TPSA) is 32.7 Å². The van der Waals surface area contributed by atoms with Gasteiger partial charge in [-0.05, 0) is 48.6 Å². The lowest BCUT2D eigenvalue weighted by atomic mass is 10.1. The highest BCUT2D eigenvalue weighted by Crippen LogP contribution is 2.24. The Hall–Kier alpha value is -0.940. The van der Waals surface area contributed by atoms with E-state index in [1.54, 1.807) is 11.3 Å². The smallest absolute Gasteiger partial charge is 0.102 e. The van der Waals surface area contributed by atoms with Crippen molar-refractivity contribution < 1.29 is 9.84 Å². The summed E-state index contributed by atoms with van der Waals surface area (Å²) in [7, 11) is 4.01. The summed E-state index contributed by atoms with van der Waals surface area (Å²) in [5.74, 6) is 0. The van der Waals surface area contributed by atoms with E-state index in [0.717, 1.165) is 12.1 Å². The molecule has 0 fully saturated rings. The first-order valence-electron chi connectivity index (χ1n) is 6.04. The Kier molecular flexibility index (Phi) is 4.72. The molecule has 0 spiro atoms. The predicted molar refractivity (Wildman–Crippen MR) is 76.2 cm³/mol. The number of thiophene rings is 1. The van der Waals surface area contributed by atoms with Crippen molar-refractivity contribution >= 4 is 21.4 Å². The lowest BCUT2D eigenvalue weighted by molar-refractivity contribution is 0.0307. The van der Waals surface area contributed by atoms with Crippen LogP contribution in [-0.4, -0.2) is 43.9 Å². The second-order valence-corrected chi connectivity index (χ2v) is 5.56. The van der Waals surface area contributed by atoms with Gasteiger partial charge in [-0.1, -0.05) is 6.07 Å². The minimum atomic E-state index is -0.545. The van der Waals surface area contributed by atoms with Gasteiger partial charge in [-0.25, -0.2) is 0 Å². The Morgan fingerprint density at radius 2 is 2.17 bits per heavy atom. The molecule has 1 aromatic carbocycles. The fourth-order valence-corrected chi connectivity index (χ4v) is 2.50. The highest BCUT2D eigenvalue weighted by Gasteiger charge is 2.08. The zero-order valence-electron chi connectivity index (χ0n) is 10.8. The highest BCUT2D eigenvalue weighted by atomic mass is 32.1. The molecule has 3 nitrogen and oxygen atoms in total. The predicted octanol–water partition coefficient (Wildman–Crippen LogP) is 2.51. The molecule has 2 rings (SSSR count). The van der Waals surface area contributed by atoms with Crippen LogP contribution in [0.1, 0.15) is 11.7 Å². The molecule has 2 aromatic rings. The van der Waals surface area contributed by atoms with E-state index >= 15 is 0 Å². The number of likely N-dealkylation sites (N-methyl/N-ethyl adjacent to an activating group) is 1. The summed E-state index contributed by atoms with van der Waals surface area (Å²) in [6.45, 7) is 1.87. The lowest BCUT2D eigenvalue weighted by Gasteiger charge is -2.14. The number of ether oxygens (including phenoxy) is 1. The summed E-state index contributed by atoms with van der Waals surface area (Å²) in [5, 5.41) is 13.3. The molecule has 4 heteroatoms. The van der Waals surface area contributed by atoms with E-state index in [-0.39, 0.29) is 0 Å². The molecule has 0 aliphatic rings. The molecule has 1 heterocycles. The Morgan fingerprint density at radius 3 is 2.94 bits per heavy atom. The van der Waals surface area contributed by atoms with Gasteiger partial charge in [0.25, 0.3) is 0 Å². The molecule has 1 N–H and O–H groups in total. The van der Waals surface area contributed by atoms with Crippen LogP contribution in [0.4, 0.5) is 0 Å². The Labute approximate surface area is 112 Å². The molecule has 1 atom stereocenters. The molecule has 98 valence electrons. The summed E-state index contributed by atoms with van der Waals surface area (Å²) in [6, 6.07) is 8.13. The Bertz CT molecular complexity index is 495. The largest absolute Gasteiger partial charge is 0.386 e. The third-order valence-corrected chi connectivity index (χ3v) is 3.72. The van der Waals surface area contributed by atoms with Crippen molar-refractivity contribution in [2.75, 3.05) is 33.9 Å². The normalized spacial score (nSPS) is 13.3. The van der Waals surface area contributed by atoms with E-state index in [1.165, 1.54) is 10.1 Å². The molecule has 0 amide bonds. The van der Waals surface area contributed by atoms with Gasteiger partial charge in [0.05, 0.1) is 13.2 Å². The van der Waals surface area contributed by atoms with Gasteiger partial charge < -0.3 is 14.7 Å². The van der Waals surface area contributed by atoms with Crippen LogP contribution in [0.3, 0.4) is 0 Å². The van der Waals surface area contributed by atoms with Crippen molar-refractivity contribution in [1.82, 2.24) is 4.90 Å². The van der Waals surface area contributed by atoms with Crippen LogP contribution in [0.15, 0.2) is 29.6 Å². The molecule has 1 unspecified atom stereocenters. The minimum absolute atomic E-state index is 0.351. The maximum atomic E-state index is 10.0. The Balaban J connectivity index is 1.89. The molecule has 0 radical (unpaired) electrons. The third kappa shape index (κ3) is 3.53. The molecular weight excluding hydrogens is 246 g/mol. The number of fused-ring (bicyclic) bond motifs is 1. The number of hydrogen-bond acceptors (Lipinski definition) is 4. The summed E-state index contributed by atoms with van der Waals surface area (Å²) >= 11 is 1.71. The van der Waals surface area contributed by atoms with Crippen LogP contribution in [-0.2, 0) is 4.74 Å². The van der Waals surface area contributed by atoms with Crippen molar-refractivity contribution in [1.29, 1.82) is 0 Å². The first-order valence-corrected chi connectivity index (χ1v) is 6.92. The van der Waals surface area contributed by atoms with Gasteiger partial charge in [-0.2, -0.15) is 0 Å². The second-order valence-electron chi connectivity index (χ2n) is 4.61. The summed E-state index contributed by atoms with van der Waals surface area (Å²) in [5.41, 5.74) is 0.922. The fourth-order valence-electron chi connectivity index (χ4n) is 1.73. The maximum Gasteiger partial charge on any atom is 0.102 e. The van der Waals surface area contributed by atoms with E-state index in [2.05, 4.69) is 22.4 Å². The first-order chi connectivity index (χ1) is 8.66. The SMILES string of the molecule is CN(C)CCOCC(O)c1ccc2sccc2c1. The average molecular weight is 265 g/mol. The van der Waals surface area contributed by atoms with E-state index in [1.807, 2.05) is 26.2 Å². The monoisotopic (exact) mass is 265 g/mol. The van der Waals surface area contributed by atoms with Crippen molar-refractivity contribution in [3.05, 3.63) is 35.2 Å². The average Bonchev–Trinajstić information content (AvgIpc) is 2.81. The molecule has 0 saturated carbocycles. The van der Waals surface area contributed by atoms with Gasteiger partial charge in [0.2, 0.25) is 0 Å². The zero-order chi connectivity index (χ0) is 13.0. The molecule has 0 aliphatic carbocycles. The zero-order valence-corrected chi connectivity index (χ0v) is 11.6. The van der Waals surface area contributed by atoms with Crippen molar-refractivity contribution in [3.8, 4) is 0 Å². The lowest BCUT2D eigenvalue weighted by Crippen LogP contribution is -2.19. The summed E-state index contributed by atoms with van der Waals surface area (Å²) in [6.07, 6.45) is -0.545. The van der Waals surface area contributed by atoms with Crippen LogP contribution >= 0.6 is 11.3 Å². The minimum Gasteiger partial charge on any atom is -0.386 e. The van der Waals surface area contributed by atoms with E-state index < -0.39 is 6.10 Å². The summed E-state index contributed by atoms with van der Waals surface area (Å²) < 4.78 is 6.71. The van der Waals surface area contributed by atoms with Crippen molar-refractivity contribution in [3.63, 3.8) is 0 Å². The number of benzene rings is 1. The summed E-state index contributed by atoms with van der Waals surface area (Å²) in [4.78, 5) is 2.06. The van der Waals surface area contributed by atoms with E-state index in [0.29, 0.717) is 13.2 Å². The van der Waals surface area contributed by atoms with E-state index in [4.69, 9.17) is 4.74 Å². The fraction of sp³-hybridized carbons (Fsp3) is 0.429. The van der Waals surface area contributed by atoms with Gasteiger partial charge in [-0.15, -0.1) is 11.3 Å². The number of nitrogens with zero attached hydrogens (tertiary/aromatic N) is 1. The van der Waals surface area contributed by atoms with Gasteiger partial charge in [0.1, 0.15) is 6.10 Å². The molecule has 0 bridgehead atoms. The first kappa shape index (κ1) is 13.5. The van der Waals surface area contributed by atoms with Crippen LogP contribution in [0.25, 0.3) is 10.1 Å². The Morgan fingerprint density at radius 1 is 1.33 bits per heavy atom. The third-order valence-electron chi connectivity index (χ3n) is 2.82. The van der Waals surface area contributed by atoms with Crippen LogP contribution in [0, 0.1) is 0 Å². The number of aliphatic hydroxyl groups excluding tert-OH is 1. The quantitative estimate of drug-likeness (QED) is 0.815. The van der Waals surface area contributed by atoms with Gasteiger partial charge in [-0.3, -0.25) is 0 Å². The van der Waals surface area contributed by atoms with Crippen LogP contribution in [0.2, 0.25) is 0 Å². The van der Waals surface area contributed by atoms with Crippen LogP contribution < -0.4 is 0 Å². The second kappa shape index (κ2) is 6.29. The van der Waals surface area contributed by atoms with Crippen molar-refractivity contribution in [2.24, 2.45) is 0 Å². The highest BCUT2D eigenvalue weighted by molar-refractivity contribution is 7.17. The number of aliphatic hydroxyl groups is 1. The van der Waals surface area contributed by atoms with E-state index in [9.17, 15) is 5.11 Å².